The van der Waals surface area contributed by atoms with Gasteiger partial charge in [-0.2, -0.15) is 0 Å². The second-order valence-electron chi connectivity index (χ2n) is 12.2. The highest BCUT2D eigenvalue weighted by molar-refractivity contribution is 6.30. The molecule has 2 heterocycles. The standard InChI is InChI=1S/C29H45ClN4O4/c1-20(2)25(31-26(36)21-13-16-33(18-21)24(35)8-7-15-32(5)6)27(37)34-17-14-29(38,28(3,4)19-34)22-9-11-23(30)12-10-22/h9-12,20-21,25,38H,7-8,13-19H2,1-6H3,(H,31,36)/t21-,25-,29+/m1/s1. The van der Waals surface area contributed by atoms with E-state index >= 15 is 0 Å². The van der Waals surface area contributed by atoms with Gasteiger partial charge in [0.05, 0.1) is 11.5 Å². The predicted octanol–water partition coefficient (Wildman–Crippen LogP) is 3.12. The Bertz CT molecular complexity index is 997. The first-order valence-corrected chi connectivity index (χ1v) is 14.1. The Labute approximate surface area is 232 Å². The summed E-state index contributed by atoms with van der Waals surface area (Å²) in [6, 6.07) is 6.57. The molecule has 0 saturated carbocycles. The van der Waals surface area contributed by atoms with Crippen molar-refractivity contribution in [3.63, 3.8) is 0 Å². The van der Waals surface area contributed by atoms with Crippen LogP contribution in [0.25, 0.3) is 0 Å². The molecule has 1 aromatic carbocycles. The van der Waals surface area contributed by atoms with Gasteiger partial charge in [0, 0.05) is 43.0 Å². The Kier molecular flexibility index (Phi) is 9.87. The number of carbonyl (C=O) groups is 3. The number of aliphatic hydroxyl groups is 1. The van der Waals surface area contributed by atoms with E-state index in [9.17, 15) is 19.5 Å². The molecule has 0 aliphatic carbocycles. The Morgan fingerprint density at radius 3 is 2.37 bits per heavy atom. The Morgan fingerprint density at radius 2 is 1.79 bits per heavy atom. The summed E-state index contributed by atoms with van der Waals surface area (Å²) in [6.45, 7) is 10.4. The minimum absolute atomic E-state index is 0.0855. The molecule has 3 atom stereocenters. The van der Waals surface area contributed by atoms with Gasteiger partial charge in [-0.25, -0.2) is 0 Å². The van der Waals surface area contributed by atoms with E-state index in [0.717, 1.165) is 18.5 Å². The van der Waals surface area contributed by atoms with Gasteiger partial charge in [0.15, 0.2) is 0 Å². The molecule has 212 valence electrons. The number of benzene rings is 1. The molecule has 1 aromatic rings. The third-order valence-corrected chi connectivity index (χ3v) is 8.47. The molecule has 2 aliphatic rings. The number of hydrogen-bond donors (Lipinski definition) is 2. The summed E-state index contributed by atoms with van der Waals surface area (Å²) in [5.41, 5.74) is -0.925. The van der Waals surface area contributed by atoms with Crippen LogP contribution < -0.4 is 5.32 Å². The van der Waals surface area contributed by atoms with Crippen molar-refractivity contribution < 1.29 is 19.5 Å². The minimum atomic E-state index is -1.10. The summed E-state index contributed by atoms with van der Waals surface area (Å²) in [5.74, 6) is -0.627. The molecule has 0 aromatic heterocycles. The second-order valence-corrected chi connectivity index (χ2v) is 12.7. The largest absolute Gasteiger partial charge is 0.384 e. The second kappa shape index (κ2) is 12.3. The molecular formula is C29H45ClN4O4. The molecule has 0 radical (unpaired) electrons. The van der Waals surface area contributed by atoms with E-state index in [4.69, 9.17) is 11.6 Å². The topological polar surface area (TPSA) is 93.2 Å². The van der Waals surface area contributed by atoms with Crippen molar-refractivity contribution in [3.8, 4) is 0 Å². The van der Waals surface area contributed by atoms with Crippen molar-refractivity contribution >= 4 is 29.3 Å². The van der Waals surface area contributed by atoms with Crippen LogP contribution in [-0.2, 0) is 20.0 Å². The maximum absolute atomic E-state index is 13.7. The number of amides is 3. The normalized spacial score (nSPS) is 24.1. The average molecular weight is 549 g/mol. The maximum atomic E-state index is 13.7. The van der Waals surface area contributed by atoms with Crippen molar-refractivity contribution in [2.45, 2.75) is 65.0 Å². The fourth-order valence-electron chi connectivity index (χ4n) is 5.66. The van der Waals surface area contributed by atoms with Crippen molar-refractivity contribution in [2.24, 2.45) is 17.3 Å². The smallest absolute Gasteiger partial charge is 0.245 e. The van der Waals surface area contributed by atoms with Gasteiger partial charge in [-0.1, -0.05) is 51.4 Å². The zero-order chi connectivity index (χ0) is 28.3. The predicted molar refractivity (Wildman–Crippen MR) is 150 cm³/mol. The molecule has 0 spiro atoms. The number of carbonyl (C=O) groups excluding carboxylic acids is 3. The molecule has 2 saturated heterocycles. The quantitative estimate of drug-likeness (QED) is 0.494. The molecule has 0 bridgehead atoms. The van der Waals surface area contributed by atoms with E-state index in [1.54, 1.807) is 21.9 Å². The number of nitrogens with one attached hydrogen (secondary N) is 1. The van der Waals surface area contributed by atoms with Crippen LogP contribution in [0.5, 0.6) is 0 Å². The first-order valence-electron chi connectivity index (χ1n) is 13.8. The van der Waals surface area contributed by atoms with E-state index in [2.05, 4.69) is 10.2 Å². The highest BCUT2D eigenvalue weighted by Gasteiger charge is 2.50. The first-order chi connectivity index (χ1) is 17.7. The van der Waals surface area contributed by atoms with Crippen LogP contribution in [0.15, 0.2) is 24.3 Å². The van der Waals surface area contributed by atoms with Gasteiger partial charge >= 0.3 is 0 Å². The van der Waals surface area contributed by atoms with Gasteiger partial charge in [-0.3, -0.25) is 14.4 Å². The lowest BCUT2D eigenvalue weighted by Gasteiger charge is -2.51. The molecule has 8 nitrogen and oxygen atoms in total. The van der Waals surface area contributed by atoms with Crippen LogP contribution >= 0.6 is 11.6 Å². The van der Waals surface area contributed by atoms with Gasteiger partial charge < -0.3 is 25.1 Å². The fourth-order valence-corrected chi connectivity index (χ4v) is 5.78. The Hall–Kier alpha value is -2.16. The van der Waals surface area contributed by atoms with E-state index in [1.807, 2.05) is 53.9 Å². The summed E-state index contributed by atoms with van der Waals surface area (Å²) in [6.07, 6.45) is 2.27. The number of piperidine rings is 1. The maximum Gasteiger partial charge on any atom is 0.245 e. The van der Waals surface area contributed by atoms with Crippen molar-refractivity contribution in [1.29, 1.82) is 0 Å². The molecule has 2 fully saturated rings. The Balaban J connectivity index is 1.61. The first kappa shape index (κ1) is 30.4. The van der Waals surface area contributed by atoms with Gasteiger partial charge in [0.2, 0.25) is 17.7 Å². The third kappa shape index (κ3) is 6.88. The van der Waals surface area contributed by atoms with E-state index in [0.29, 0.717) is 50.5 Å². The van der Waals surface area contributed by atoms with Crippen LogP contribution in [0.2, 0.25) is 5.02 Å². The highest BCUT2D eigenvalue weighted by atomic mass is 35.5. The molecule has 38 heavy (non-hydrogen) atoms. The van der Waals surface area contributed by atoms with Crippen LogP contribution in [0.4, 0.5) is 0 Å². The lowest BCUT2D eigenvalue weighted by atomic mass is 9.66. The highest BCUT2D eigenvalue weighted by Crippen LogP contribution is 2.46. The molecule has 2 N–H and O–H groups in total. The van der Waals surface area contributed by atoms with Crippen LogP contribution in [0.3, 0.4) is 0 Å². The molecule has 3 amide bonds. The van der Waals surface area contributed by atoms with Gasteiger partial charge in [0.25, 0.3) is 0 Å². The molecule has 0 unspecified atom stereocenters. The number of likely N-dealkylation sites (tertiary alicyclic amines) is 2. The van der Waals surface area contributed by atoms with E-state index in [1.165, 1.54) is 0 Å². The third-order valence-electron chi connectivity index (χ3n) is 8.22. The molecule has 2 aliphatic heterocycles. The van der Waals surface area contributed by atoms with Crippen LogP contribution in [0.1, 0.15) is 58.9 Å². The van der Waals surface area contributed by atoms with Gasteiger partial charge in [0.1, 0.15) is 6.04 Å². The fraction of sp³-hybridized carbons (Fsp3) is 0.690. The zero-order valence-corrected chi connectivity index (χ0v) is 24.6. The van der Waals surface area contributed by atoms with E-state index in [-0.39, 0.29) is 29.6 Å². The molecule has 9 heteroatoms. The van der Waals surface area contributed by atoms with Gasteiger partial charge in [-0.05, 0) is 63.5 Å². The number of nitrogens with zero attached hydrogens (tertiary/aromatic N) is 3. The number of rotatable bonds is 9. The average Bonchev–Trinajstić information content (AvgIpc) is 3.34. The summed E-state index contributed by atoms with van der Waals surface area (Å²) in [7, 11) is 3.97. The summed E-state index contributed by atoms with van der Waals surface area (Å²) < 4.78 is 0. The summed E-state index contributed by atoms with van der Waals surface area (Å²) in [4.78, 5) is 45.0. The minimum Gasteiger partial charge on any atom is -0.384 e. The van der Waals surface area contributed by atoms with Crippen LogP contribution in [-0.4, -0.2) is 90.4 Å². The monoisotopic (exact) mass is 548 g/mol. The number of hydrogen-bond acceptors (Lipinski definition) is 5. The van der Waals surface area contributed by atoms with Crippen molar-refractivity contribution in [1.82, 2.24) is 20.0 Å². The summed E-state index contributed by atoms with van der Waals surface area (Å²) >= 11 is 6.05. The zero-order valence-electron chi connectivity index (χ0n) is 23.8. The molecular weight excluding hydrogens is 504 g/mol. The lowest BCUT2D eigenvalue weighted by molar-refractivity contribution is -0.157. The van der Waals surface area contributed by atoms with Gasteiger partial charge in [-0.15, -0.1) is 0 Å². The Morgan fingerprint density at radius 1 is 1.13 bits per heavy atom. The van der Waals surface area contributed by atoms with E-state index < -0.39 is 17.1 Å². The van der Waals surface area contributed by atoms with Crippen LogP contribution in [0, 0.1) is 17.3 Å². The lowest BCUT2D eigenvalue weighted by Crippen LogP contribution is -2.60. The number of halogens is 1. The summed E-state index contributed by atoms with van der Waals surface area (Å²) in [5, 5.41) is 15.3. The molecule has 3 rings (SSSR count). The van der Waals surface area contributed by atoms with Crippen molar-refractivity contribution in [2.75, 3.05) is 46.8 Å². The van der Waals surface area contributed by atoms with Crippen molar-refractivity contribution in [3.05, 3.63) is 34.9 Å². The SMILES string of the molecule is CC(C)[C@@H](NC(=O)[C@@H]1CCN(C(=O)CCCN(C)C)C1)C(=O)N1CC[C@](O)(c2ccc(Cl)cc2)C(C)(C)C1.